The summed E-state index contributed by atoms with van der Waals surface area (Å²) in [5, 5.41) is 10.7. The summed E-state index contributed by atoms with van der Waals surface area (Å²) in [5.41, 5.74) is 0.270. The maximum Gasteiger partial charge on any atom is 0.307 e. The van der Waals surface area contributed by atoms with E-state index in [0.29, 0.717) is 32.4 Å². The molecule has 0 amide bonds. The largest absolute Gasteiger partial charge is 0.466 e. The van der Waals surface area contributed by atoms with Gasteiger partial charge >= 0.3 is 5.97 Å². The van der Waals surface area contributed by atoms with E-state index in [1.807, 2.05) is 37.3 Å². The van der Waals surface area contributed by atoms with Crippen LogP contribution in [0.4, 0.5) is 0 Å². The third-order valence-corrected chi connectivity index (χ3v) is 3.93. The van der Waals surface area contributed by atoms with E-state index in [4.69, 9.17) is 4.74 Å². The van der Waals surface area contributed by atoms with E-state index in [2.05, 4.69) is 4.90 Å². The molecule has 4 nitrogen and oxygen atoms in total. The fourth-order valence-electron chi connectivity index (χ4n) is 2.67. The van der Waals surface area contributed by atoms with Crippen LogP contribution in [-0.4, -0.2) is 42.2 Å². The Hall–Kier alpha value is -1.39. The van der Waals surface area contributed by atoms with Crippen molar-refractivity contribution in [2.75, 3.05) is 26.2 Å². The molecule has 1 aliphatic heterocycles. The van der Waals surface area contributed by atoms with Gasteiger partial charge < -0.3 is 14.7 Å². The molecule has 1 heterocycles. The van der Waals surface area contributed by atoms with Crippen molar-refractivity contribution in [2.24, 2.45) is 0 Å². The highest BCUT2D eigenvalue weighted by Crippen LogP contribution is 2.32. The monoisotopic (exact) mass is 277 g/mol. The first-order valence-corrected chi connectivity index (χ1v) is 7.30. The van der Waals surface area contributed by atoms with Crippen molar-refractivity contribution < 1.29 is 14.6 Å². The van der Waals surface area contributed by atoms with Crippen molar-refractivity contribution in [1.29, 1.82) is 0 Å². The normalized spacial score (nSPS) is 18.7. The molecule has 0 aromatic heterocycles. The van der Waals surface area contributed by atoms with Crippen LogP contribution in [0.2, 0.25) is 0 Å². The van der Waals surface area contributed by atoms with E-state index in [1.165, 1.54) is 0 Å². The summed E-state index contributed by atoms with van der Waals surface area (Å²) < 4.78 is 4.93. The smallest absolute Gasteiger partial charge is 0.307 e. The number of carbonyl (C=O) groups excluding carboxylic acids is 1. The lowest BCUT2D eigenvalue weighted by Gasteiger charge is -2.38. The lowest BCUT2D eigenvalue weighted by molar-refractivity contribution is -0.143. The molecule has 0 bridgehead atoms. The van der Waals surface area contributed by atoms with E-state index in [0.717, 1.165) is 18.7 Å². The molecule has 0 unspecified atom stereocenters. The number of ether oxygens (including phenoxy) is 1. The van der Waals surface area contributed by atoms with Gasteiger partial charge in [0.25, 0.3) is 0 Å². The number of rotatable bonds is 5. The Bertz CT molecular complexity index is 425. The second-order valence-electron chi connectivity index (χ2n) is 5.29. The molecule has 0 spiro atoms. The number of piperidine rings is 1. The Balaban J connectivity index is 1.82. The fraction of sp³-hybridized carbons (Fsp3) is 0.562. The summed E-state index contributed by atoms with van der Waals surface area (Å²) in [6.07, 6.45) is 1.84. The Morgan fingerprint density at radius 1 is 1.30 bits per heavy atom. The number of hydrogen-bond donors (Lipinski definition) is 1. The number of aliphatic hydroxyl groups is 1. The minimum absolute atomic E-state index is 0.142. The standard InChI is InChI=1S/C16H23NO3/c1-2-20-15(18)8-11-17-12-9-16(19,10-13-17)14-6-4-3-5-7-14/h3-7,19H,2,8-13H2,1H3. The quantitative estimate of drug-likeness (QED) is 0.835. The van der Waals surface area contributed by atoms with Crippen LogP contribution in [-0.2, 0) is 15.1 Å². The van der Waals surface area contributed by atoms with Gasteiger partial charge in [0.15, 0.2) is 0 Å². The number of nitrogens with zero attached hydrogens (tertiary/aromatic N) is 1. The molecule has 1 fully saturated rings. The van der Waals surface area contributed by atoms with E-state index in [1.54, 1.807) is 0 Å². The van der Waals surface area contributed by atoms with Gasteiger partial charge in [0.05, 0.1) is 18.6 Å². The first-order chi connectivity index (χ1) is 9.64. The van der Waals surface area contributed by atoms with Crippen LogP contribution in [0.3, 0.4) is 0 Å². The van der Waals surface area contributed by atoms with E-state index >= 15 is 0 Å². The Morgan fingerprint density at radius 2 is 1.95 bits per heavy atom. The number of hydrogen-bond acceptors (Lipinski definition) is 4. The topological polar surface area (TPSA) is 49.8 Å². The zero-order chi connectivity index (χ0) is 14.4. The van der Waals surface area contributed by atoms with Gasteiger partial charge in [0.1, 0.15) is 0 Å². The van der Waals surface area contributed by atoms with Crippen LogP contribution in [0.25, 0.3) is 0 Å². The van der Waals surface area contributed by atoms with Crippen molar-refractivity contribution in [2.45, 2.75) is 31.8 Å². The maximum atomic E-state index is 11.3. The van der Waals surface area contributed by atoms with E-state index in [-0.39, 0.29) is 5.97 Å². The van der Waals surface area contributed by atoms with Gasteiger partial charge in [-0.1, -0.05) is 30.3 Å². The van der Waals surface area contributed by atoms with Gasteiger partial charge in [-0.05, 0) is 25.3 Å². The van der Waals surface area contributed by atoms with Gasteiger partial charge in [-0.3, -0.25) is 4.79 Å². The third kappa shape index (κ3) is 3.81. The molecule has 0 saturated carbocycles. The summed E-state index contributed by atoms with van der Waals surface area (Å²) >= 11 is 0. The van der Waals surface area contributed by atoms with Gasteiger partial charge in [0.2, 0.25) is 0 Å². The minimum atomic E-state index is -0.721. The highest BCUT2D eigenvalue weighted by Gasteiger charge is 2.33. The zero-order valence-electron chi connectivity index (χ0n) is 12.0. The van der Waals surface area contributed by atoms with Gasteiger partial charge in [-0.2, -0.15) is 0 Å². The number of esters is 1. The second-order valence-corrected chi connectivity index (χ2v) is 5.29. The first-order valence-electron chi connectivity index (χ1n) is 7.30. The van der Waals surface area contributed by atoms with Gasteiger partial charge in [0, 0.05) is 19.6 Å². The molecule has 110 valence electrons. The highest BCUT2D eigenvalue weighted by molar-refractivity contribution is 5.69. The molecule has 20 heavy (non-hydrogen) atoms. The van der Waals surface area contributed by atoms with E-state index in [9.17, 15) is 9.90 Å². The SMILES string of the molecule is CCOC(=O)CCN1CCC(O)(c2ccccc2)CC1. The van der Waals surface area contributed by atoms with E-state index < -0.39 is 5.60 Å². The molecular weight excluding hydrogens is 254 g/mol. The lowest BCUT2D eigenvalue weighted by Crippen LogP contribution is -2.43. The first kappa shape index (κ1) is 15.0. The minimum Gasteiger partial charge on any atom is -0.466 e. The summed E-state index contributed by atoms with van der Waals surface area (Å²) in [5.74, 6) is -0.142. The van der Waals surface area contributed by atoms with Gasteiger partial charge in [-0.25, -0.2) is 0 Å². The van der Waals surface area contributed by atoms with Crippen LogP contribution in [0.1, 0.15) is 31.7 Å². The highest BCUT2D eigenvalue weighted by atomic mass is 16.5. The molecule has 1 aromatic rings. The van der Waals surface area contributed by atoms with Crippen LogP contribution >= 0.6 is 0 Å². The molecule has 4 heteroatoms. The number of carbonyl (C=O) groups is 1. The summed E-state index contributed by atoms with van der Waals surface area (Å²) in [7, 11) is 0. The molecule has 1 N–H and O–H groups in total. The van der Waals surface area contributed by atoms with Crippen molar-refractivity contribution >= 4 is 5.97 Å². The molecule has 0 aliphatic carbocycles. The Morgan fingerprint density at radius 3 is 2.55 bits per heavy atom. The molecule has 0 radical (unpaired) electrons. The summed E-state index contributed by atoms with van der Waals surface area (Å²) in [4.78, 5) is 13.6. The maximum absolute atomic E-state index is 11.3. The zero-order valence-corrected chi connectivity index (χ0v) is 12.0. The number of benzene rings is 1. The average molecular weight is 277 g/mol. The Kier molecular flexibility index (Phi) is 5.15. The van der Waals surface area contributed by atoms with Crippen LogP contribution < -0.4 is 0 Å². The molecule has 1 aliphatic rings. The molecule has 0 atom stereocenters. The summed E-state index contributed by atoms with van der Waals surface area (Å²) in [6, 6.07) is 9.84. The number of likely N-dealkylation sites (tertiary alicyclic amines) is 1. The van der Waals surface area contributed by atoms with Gasteiger partial charge in [-0.15, -0.1) is 0 Å². The van der Waals surface area contributed by atoms with Crippen LogP contribution in [0, 0.1) is 0 Å². The predicted molar refractivity (Wildman–Crippen MR) is 77.3 cm³/mol. The van der Waals surface area contributed by atoms with Crippen LogP contribution in [0.5, 0.6) is 0 Å². The molecule has 2 rings (SSSR count). The van der Waals surface area contributed by atoms with Crippen molar-refractivity contribution in [3.8, 4) is 0 Å². The van der Waals surface area contributed by atoms with Crippen molar-refractivity contribution in [3.05, 3.63) is 35.9 Å². The third-order valence-electron chi connectivity index (χ3n) is 3.93. The fourth-order valence-corrected chi connectivity index (χ4v) is 2.67. The Labute approximate surface area is 120 Å². The molecular formula is C16H23NO3. The average Bonchev–Trinajstić information content (AvgIpc) is 2.48. The summed E-state index contributed by atoms with van der Waals surface area (Å²) in [6.45, 7) is 4.59. The molecule has 1 saturated heterocycles. The lowest BCUT2D eigenvalue weighted by atomic mass is 9.84. The second kappa shape index (κ2) is 6.86. The van der Waals surface area contributed by atoms with Crippen molar-refractivity contribution in [3.63, 3.8) is 0 Å². The van der Waals surface area contributed by atoms with Crippen molar-refractivity contribution in [1.82, 2.24) is 4.90 Å². The van der Waals surface area contributed by atoms with Crippen LogP contribution in [0.15, 0.2) is 30.3 Å². The predicted octanol–water partition coefficient (Wildman–Crippen LogP) is 1.92. The molecule has 1 aromatic carbocycles.